The molecule has 0 saturated carbocycles. The van der Waals surface area contributed by atoms with Gasteiger partial charge in [-0.25, -0.2) is 24.9 Å². The Morgan fingerprint density at radius 2 is 0.733 bits per heavy atom. The summed E-state index contributed by atoms with van der Waals surface area (Å²) in [6.07, 6.45) is 0. The molecule has 8 aromatic carbocycles. The SMILES string of the molecule is N#Cc1cccc(-c2ccc(-c3nc(-c4ccccc4)nc(-c4ccccc4-c4ccccc4-c4ccccc4-c4nc(-c5ccccc5)c5ccccc5n4)n3)cc2)c1. The Morgan fingerprint density at radius 1 is 0.300 bits per heavy atom. The first-order valence-electron chi connectivity index (χ1n) is 19.7. The fourth-order valence-corrected chi connectivity index (χ4v) is 7.71. The summed E-state index contributed by atoms with van der Waals surface area (Å²) in [6.45, 7) is 0. The van der Waals surface area contributed by atoms with E-state index in [1.165, 1.54) is 0 Å². The van der Waals surface area contributed by atoms with Crippen molar-refractivity contribution in [2.45, 2.75) is 0 Å². The lowest BCUT2D eigenvalue weighted by Crippen LogP contribution is -2.01. The zero-order valence-corrected chi connectivity index (χ0v) is 32.3. The van der Waals surface area contributed by atoms with Gasteiger partial charge < -0.3 is 0 Å². The molecule has 6 heteroatoms. The minimum absolute atomic E-state index is 0.562. The zero-order valence-electron chi connectivity index (χ0n) is 32.3. The lowest BCUT2D eigenvalue weighted by molar-refractivity contribution is 1.07. The van der Waals surface area contributed by atoms with Crippen molar-refractivity contribution in [2.24, 2.45) is 0 Å². The quantitative estimate of drug-likeness (QED) is 0.153. The van der Waals surface area contributed by atoms with Gasteiger partial charge in [-0.1, -0.05) is 188 Å². The molecular weight excluding hydrogens is 733 g/mol. The van der Waals surface area contributed by atoms with Gasteiger partial charge in [0.15, 0.2) is 23.3 Å². The van der Waals surface area contributed by atoms with Crippen LogP contribution in [0.25, 0.3) is 101 Å². The second-order valence-corrected chi connectivity index (χ2v) is 14.4. The maximum absolute atomic E-state index is 9.47. The Labute approximate surface area is 347 Å². The number of hydrogen-bond donors (Lipinski definition) is 0. The number of para-hydroxylation sites is 1. The summed E-state index contributed by atoms with van der Waals surface area (Å²) in [6, 6.07) is 71.6. The molecule has 0 saturated heterocycles. The Kier molecular flexibility index (Phi) is 9.51. The van der Waals surface area contributed by atoms with E-state index in [9.17, 15) is 5.26 Å². The number of aromatic nitrogens is 5. The minimum Gasteiger partial charge on any atom is -0.228 e. The Hall–Kier alpha value is -8.40. The first-order chi connectivity index (χ1) is 29.7. The molecule has 280 valence electrons. The summed E-state index contributed by atoms with van der Waals surface area (Å²) >= 11 is 0. The van der Waals surface area contributed by atoms with E-state index in [2.05, 4.69) is 91.0 Å². The maximum atomic E-state index is 9.47. The third-order valence-corrected chi connectivity index (χ3v) is 10.6. The summed E-state index contributed by atoms with van der Waals surface area (Å²) in [5.41, 5.74) is 13.0. The Morgan fingerprint density at radius 3 is 1.33 bits per heavy atom. The van der Waals surface area contributed by atoms with Crippen LogP contribution in [-0.4, -0.2) is 24.9 Å². The molecule has 0 atom stereocenters. The van der Waals surface area contributed by atoms with Crippen molar-refractivity contribution < 1.29 is 0 Å². The molecule has 0 aliphatic carbocycles. The highest BCUT2D eigenvalue weighted by Crippen LogP contribution is 2.41. The fraction of sp³-hybridized carbons (Fsp3) is 0. The molecule has 0 aliphatic rings. The van der Waals surface area contributed by atoms with Gasteiger partial charge in [0.05, 0.1) is 22.8 Å². The molecule has 0 bridgehead atoms. The summed E-state index contributed by atoms with van der Waals surface area (Å²) in [5.74, 6) is 2.36. The van der Waals surface area contributed by atoms with Gasteiger partial charge in [-0.2, -0.15) is 5.26 Å². The molecule has 0 spiro atoms. The second-order valence-electron chi connectivity index (χ2n) is 14.4. The average molecular weight is 767 g/mol. The molecule has 2 aromatic heterocycles. The van der Waals surface area contributed by atoms with E-state index in [-0.39, 0.29) is 0 Å². The van der Waals surface area contributed by atoms with Gasteiger partial charge >= 0.3 is 0 Å². The predicted octanol–water partition coefficient (Wildman–Crippen LogP) is 13.0. The average Bonchev–Trinajstić information content (AvgIpc) is 3.34. The van der Waals surface area contributed by atoms with Crippen LogP contribution in [-0.2, 0) is 0 Å². The topological polar surface area (TPSA) is 88.2 Å². The van der Waals surface area contributed by atoms with Crippen molar-refractivity contribution >= 4 is 10.9 Å². The smallest absolute Gasteiger partial charge is 0.164 e. The highest BCUT2D eigenvalue weighted by Gasteiger charge is 2.20. The molecule has 60 heavy (non-hydrogen) atoms. The van der Waals surface area contributed by atoms with Crippen LogP contribution in [0.5, 0.6) is 0 Å². The highest BCUT2D eigenvalue weighted by molar-refractivity contribution is 5.97. The van der Waals surface area contributed by atoms with E-state index >= 15 is 0 Å². The van der Waals surface area contributed by atoms with E-state index in [1.807, 2.05) is 121 Å². The third-order valence-electron chi connectivity index (χ3n) is 10.6. The van der Waals surface area contributed by atoms with Crippen LogP contribution in [0.4, 0.5) is 0 Å². The van der Waals surface area contributed by atoms with Gasteiger partial charge in [-0.15, -0.1) is 0 Å². The van der Waals surface area contributed by atoms with Gasteiger partial charge in [0.25, 0.3) is 0 Å². The molecule has 2 heterocycles. The summed E-state index contributed by atoms with van der Waals surface area (Å²) in [7, 11) is 0. The van der Waals surface area contributed by atoms with Gasteiger partial charge in [0.2, 0.25) is 0 Å². The van der Waals surface area contributed by atoms with Crippen molar-refractivity contribution in [1.29, 1.82) is 5.26 Å². The summed E-state index contributed by atoms with van der Waals surface area (Å²) in [4.78, 5) is 25.7. The zero-order chi connectivity index (χ0) is 40.3. The summed E-state index contributed by atoms with van der Waals surface area (Å²) in [5, 5.41) is 10.5. The number of benzene rings is 8. The number of nitriles is 1. The standard InChI is InChI=1S/C54H34N6/c55-35-36-16-15-21-41(34-36)37-30-32-40(33-31-37)52-58-51(39-19-5-2-6-20-39)59-54(60-52)47-27-12-10-25-45(47)43-23-8-7-22-42(43)44-24-9-11-26-46(44)53-56-49-29-14-13-28-48(49)50(57-53)38-17-3-1-4-18-38/h1-34H. The molecule has 0 amide bonds. The van der Waals surface area contributed by atoms with Crippen molar-refractivity contribution in [3.05, 3.63) is 212 Å². The largest absolute Gasteiger partial charge is 0.228 e. The molecule has 0 N–H and O–H groups in total. The van der Waals surface area contributed by atoms with E-state index in [0.717, 1.165) is 77.8 Å². The molecule has 0 aliphatic heterocycles. The van der Waals surface area contributed by atoms with Gasteiger partial charge in [-0.05, 0) is 51.6 Å². The van der Waals surface area contributed by atoms with E-state index in [0.29, 0.717) is 28.9 Å². The van der Waals surface area contributed by atoms with Crippen LogP contribution >= 0.6 is 0 Å². The molecule has 10 aromatic rings. The molecule has 0 unspecified atom stereocenters. The minimum atomic E-state index is 0.562. The second kappa shape index (κ2) is 15.9. The number of hydrogen-bond acceptors (Lipinski definition) is 6. The van der Waals surface area contributed by atoms with Crippen molar-refractivity contribution in [1.82, 2.24) is 24.9 Å². The Balaban J connectivity index is 1.11. The van der Waals surface area contributed by atoms with Crippen molar-refractivity contribution in [3.8, 4) is 96.3 Å². The third kappa shape index (κ3) is 6.97. The molecular formula is C54H34N6. The lowest BCUT2D eigenvalue weighted by atomic mass is 9.89. The van der Waals surface area contributed by atoms with Crippen LogP contribution in [0.3, 0.4) is 0 Å². The van der Waals surface area contributed by atoms with Gasteiger partial charge in [0.1, 0.15) is 0 Å². The fourth-order valence-electron chi connectivity index (χ4n) is 7.71. The van der Waals surface area contributed by atoms with Gasteiger partial charge in [-0.3, -0.25) is 0 Å². The number of nitrogens with zero attached hydrogens (tertiary/aromatic N) is 6. The van der Waals surface area contributed by atoms with E-state index in [1.54, 1.807) is 0 Å². The lowest BCUT2D eigenvalue weighted by Gasteiger charge is -2.17. The van der Waals surface area contributed by atoms with E-state index < -0.39 is 0 Å². The highest BCUT2D eigenvalue weighted by atomic mass is 15.0. The molecule has 0 fully saturated rings. The Bertz CT molecular complexity index is 3210. The van der Waals surface area contributed by atoms with Crippen LogP contribution in [0, 0.1) is 11.3 Å². The number of fused-ring (bicyclic) bond motifs is 1. The monoisotopic (exact) mass is 766 g/mol. The van der Waals surface area contributed by atoms with Crippen LogP contribution < -0.4 is 0 Å². The van der Waals surface area contributed by atoms with Crippen LogP contribution in [0.2, 0.25) is 0 Å². The van der Waals surface area contributed by atoms with Crippen molar-refractivity contribution in [3.63, 3.8) is 0 Å². The van der Waals surface area contributed by atoms with E-state index in [4.69, 9.17) is 24.9 Å². The number of rotatable bonds is 8. The first-order valence-corrected chi connectivity index (χ1v) is 19.7. The van der Waals surface area contributed by atoms with Crippen LogP contribution in [0.15, 0.2) is 206 Å². The summed E-state index contributed by atoms with van der Waals surface area (Å²) < 4.78 is 0. The molecule has 6 nitrogen and oxygen atoms in total. The van der Waals surface area contributed by atoms with Gasteiger partial charge in [0, 0.05) is 33.2 Å². The molecule has 10 rings (SSSR count). The van der Waals surface area contributed by atoms with Crippen molar-refractivity contribution in [2.75, 3.05) is 0 Å². The maximum Gasteiger partial charge on any atom is 0.164 e. The van der Waals surface area contributed by atoms with Crippen LogP contribution in [0.1, 0.15) is 5.56 Å². The normalized spacial score (nSPS) is 11.0. The first kappa shape index (κ1) is 36.0. The molecule has 0 radical (unpaired) electrons. The predicted molar refractivity (Wildman–Crippen MR) is 241 cm³/mol.